The monoisotopic (exact) mass is 276 g/mol. The lowest BCUT2D eigenvalue weighted by Gasteiger charge is -2.12. The van der Waals surface area contributed by atoms with Crippen LogP contribution >= 0.6 is 0 Å². The van der Waals surface area contributed by atoms with Gasteiger partial charge in [-0.05, 0) is 12.1 Å². The number of hydrogen-bond acceptors (Lipinski definition) is 5. The van der Waals surface area contributed by atoms with Gasteiger partial charge in [-0.15, -0.1) is 0 Å². The van der Waals surface area contributed by atoms with E-state index in [0.717, 1.165) is 16.6 Å². The zero-order valence-corrected chi connectivity index (χ0v) is 11.3. The van der Waals surface area contributed by atoms with Crippen LogP contribution in [0.4, 0.5) is 5.69 Å². The molecule has 0 radical (unpaired) electrons. The Morgan fingerprint density at radius 1 is 1.30 bits per heavy atom. The molecule has 0 unspecified atom stereocenters. The van der Waals surface area contributed by atoms with Gasteiger partial charge < -0.3 is 19.9 Å². The molecule has 0 saturated carbocycles. The van der Waals surface area contributed by atoms with Crippen molar-refractivity contribution in [3.8, 4) is 11.5 Å². The first-order chi connectivity index (χ1) is 9.65. The summed E-state index contributed by atoms with van der Waals surface area (Å²) in [6.45, 7) is 0.350. The van der Waals surface area contributed by atoms with Crippen LogP contribution in [0.15, 0.2) is 24.4 Å². The first kappa shape index (κ1) is 13.9. The van der Waals surface area contributed by atoms with Gasteiger partial charge in [0, 0.05) is 29.9 Å². The fourth-order valence-electron chi connectivity index (χ4n) is 1.93. The summed E-state index contributed by atoms with van der Waals surface area (Å²) in [4.78, 5) is 14.8. The summed E-state index contributed by atoms with van der Waals surface area (Å²) in [6.07, 6.45) is 1.72. The highest BCUT2D eigenvalue weighted by molar-refractivity contribution is 5.93. The number of methoxy groups -OCH3 is 2. The van der Waals surface area contributed by atoms with Crippen molar-refractivity contribution in [1.29, 1.82) is 0 Å². The Morgan fingerprint density at radius 3 is 2.65 bits per heavy atom. The lowest BCUT2D eigenvalue weighted by molar-refractivity contribution is -0.136. The molecule has 6 nitrogen and oxygen atoms in total. The van der Waals surface area contributed by atoms with Crippen molar-refractivity contribution in [2.24, 2.45) is 0 Å². The molecule has 0 fully saturated rings. The number of carbonyl (C=O) groups is 1. The fourth-order valence-corrected chi connectivity index (χ4v) is 1.93. The van der Waals surface area contributed by atoms with E-state index in [1.54, 1.807) is 32.5 Å². The third-order valence-electron chi connectivity index (χ3n) is 2.90. The molecule has 0 aliphatic heterocycles. The van der Waals surface area contributed by atoms with Crippen LogP contribution in [0.25, 0.3) is 10.9 Å². The van der Waals surface area contributed by atoms with E-state index in [-0.39, 0.29) is 6.42 Å². The highest BCUT2D eigenvalue weighted by Gasteiger charge is 2.09. The van der Waals surface area contributed by atoms with Crippen LogP contribution in [0.1, 0.15) is 6.42 Å². The molecule has 1 aromatic heterocycles. The number of aliphatic carboxylic acids is 1. The van der Waals surface area contributed by atoms with Crippen molar-refractivity contribution in [3.05, 3.63) is 24.4 Å². The van der Waals surface area contributed by atoms with E-state index in [0.29, 0.717) is 18.0 Å². The second kappa shape index (κ2) is 6.10. The third-order valence-corrected chi connectivity index (χ3v) is 2.90. The molecule has 20 heavy (non-hydrogen) atoms. The van der Waals surface area contributed by atoms with Crippen LogP contribution in [-0.2, 0) is 4.79 Å². The summed E-state index contributed by atoms with van der Waals surface area (Å²) in [5, 5.41) is 12.6. The molecule has 0 bridgehead atoms. The van der Waals surface area contributed by atoms with Crippen molar-refractivity contribution in [3.63, 3.8) is 0 Å². The maximum absolute atomic E-state index is 10.5. The molecule has 0 amide bonds. The molecule has 2 N–H and O–H groups in total. The van der Waals surface area contributed by atoms with Crippen LogP contribution in [0.5, 0.6) is 11.5 Å². The third kappa shape index (κ3) is 2.90. The number of pyridine rings is 1. The van der Waals surface area contributed by atoms with Gasteiger partial charge >= 0.3 is 5.97 Å². The molecule has 1 heterocycles. The smallest absolute Gasteiger partial charge is 0.305 e. The lowest BCUT2D eigenvalue weighted by atomic mass is 10.1. The maximum Gasteiger partial charge on any atom is 0.305 e. The number of ether oxygens (including phenoxy) is 2. The van der Waals surface area contributed by atoms with E-state index in [9.17, 15) is 4.79 Å². The fraction of sp³-hybridized carbons (Fsp3) is 0.286. The average Bonchev–Trinajstić information content (AvgIpc) is 2.45. The zero-order chi connectivity index (χ0) is 14.5. The predicted octanol–water partition coefficient (Wildman–Crippen LogP) is 2.14. The number of nitrogens with zero attached hydrogens (tertiary/aromatic N) is 1. The molecule has 1 aromatic carbocycles. The second-order valence-corrected chi connectivity index (χ2v) is 4.15. The van der Waals surface area contributed by atoms with Gasteiger partial charge in [-0.1, -0.05) is 0 Å². The Balaban J connectivity index is 2.37. The summed E-state index contributed by atoms with van der Waals surface area (Å²) in [5.41, 5.74) is 1.57. The Bertz CT molecular complexity index is 628. The highest BCUT2D eigenvalue weighted by atomic mass is 16.5. The summed E-state index contributed by atoms with van der Waals surface area (Å²) < 4.78 is 10.5. The highest BCUT2D eigenvalue weighted by Crippen LogP contribution is 2.34. The van der Waals surface area contributed by atoms with Gasteiger partial charge in [0.1, 0.15) is 0 Å². The minimum absolute atomic E-state index is 0.0527. The van der Waals surface area contributed by atoms with E-state index in [1.165, 1.54) is 0 Å². The first-order valence-electron chi connectivity index (χ1n) is 6.12. The minimum Gasteiger partial charge on any atom is -0.493 e. The predicted molar refractivity (Wildman–Crippen MR) is 75.6 cm³/mol. The van der Waals surface area contributed by atoms with Gasteiger partial charge in [-0.25, -0.2) is 0 Å². The van der Waals surface area contributed by atoms with E-state index in [2.05, 4.69) is 10.3 Å². The van der Waals surface area contributed by atoms with Gasteiger partial charge in [0.2, 0.25) is 0 Å². The van der Waals surface area contributed by atoms with Crippen molar-refractivity contribution in [2.45, 2.75) is 6.42 Å². The molecule has 0 atom stereocenters. The number of nitrogens with one attached hydrogen (secondary N) is 1. The summed E-state index contributed by atoms with van der Waals surface area (Å²) >= 11 is 0. The van der Waals surface area contributed by atoms with Crippen molar-refractivity contribution in [1.82, 2.24) is 4.98 Å². The average molecular weight is 276 g/mol. The maximum atomic E-state index is 10.5. The van der Waals surface area contributed by atoms with Crippen molar-refractivity contribution in [2.75, 3.05) is 26.1 Å². The van der Waals surface area contributed by atoms with Gasteiger partial charge in [-0.2, -0.15) is 0 Å². The zero-order valence-electron chi connectivity index (χ0n) is 11.3. The molecule has 6 heteroatoms. The lowest BCUT2D eigenvalue weighted by Crippen LogP contribution is -2.08. The SMILES string of the molecule is COc1cc2nccc(NCCC(=O)O)c2cc1OC. The van der Waals surface area contributed by atoms with Gasteiger partial charge in [-0.3, -0.25) is 9.78 Å². The van der Waals surface area contributed by atoms with E-state index in [4.69, 9.17) is 14.6 Å². The number of carboxylic acid groups (broad SMARTS) is 1. The van der Waals surface area contributed by atoms with Crippen LogP contribution in [-0.4, -0.2) is 36.8 Å². The first-order valence-corrected chi connectivity index (χ1v) is 6.12. The normalized spacial score (nSPS) is 10.3. The van der Waals surface area contributed by atoms with Crippen LogP contribution in [0.2, 0.25) is 0 Å². The molecule has 2 aromatic rings. The number of hydrogen-bond donors (Lipinski definition) is 2. The minimum atomic E-state index is -0.838. The number of rotatable bonds is 6. The van der Waals surface area contributed by atoms with E-state index >= 15 is 0 Å². The quantitative estimate of drug-likeness (QED) is 0.841. The van der Waals surface area contributed by atoms with Crippen LogP contribution < -0.4 is 14.8 Å². The van der Waals surface area contributed by atoms with Gasteiger partial charge in [0.05, 0.1) is 26.2 Å². The number of aromatic nitrogens is 1. The summed E-state index contributed by atoms with van der Waals surface area (Å²) in [5.74, 6) is 0.375. The van der Waals surface area contributed by atoms with Crippen LogP contribution in [0.3, 0.4) is 0 Å². The van der Waals surface area contributed by atoms with E-state index in [1.807, 2.05) is 6.07 Å². The Hall–Kier alpha value is -2.50. The molecule has 0 aliphatic carbocycles. The number of fused-ring (bicyclic) bond motifs is 1. The molecule has 0 spiro atoms. The topological polar surface area (TPSA) is 80.7 Å². The second-order valence-electron chi connectivity index (χ2n) is 4.15. The largest absolute Gasteiger partial charge is 0.493 e. The Morgan fingerprint density at radius 2 is 2.00 bits per heavy atom. The molecular formula is C14H16N2O4. The van der Waals surface area contributed by atoms with Crippen molar-refractivity contribution < 1.29 is 19.4 Å². The standard InChI is InChI=1S/C14H16N2O4/c1-19-12-7-9-10(15-6-4-14(17)18)3-5-16-11(9)8-13(12)20-2/h3,5,7-8H,4,6H2,1-2H3,(H,15,16)(H,17,18). The van der Waals surface area contributed by atoms with Crippen LogP contribution in [0, 0.1) is 0 Å². The molecule has 0 saturated heterocycles. The number of anilines is 1. The summed E-state index contributed by atoms with van der Waals surface area (Å²) in [6, 6.07) is 5.41. The molecule has 106 valence electrons. The van der Waals surface area contributed by atoms with Gasteiger partial charge in [0.15, 0.2) is 11.5 Å². The summed E-state index contributed by atoms with van der Waals surface area (Å²) in [7, 11) is 3.14. The molecule has 2 rings (SSSR count). The van der Waals surface area contributed by atoms with Gasteiger partial charge in [0.25, 0.3) is 0 Å². The molecule has 0 aliphatic rings. The number of benzene rings is 1. The van der Waals surface area contributed by atoms with E-state index < -0.39 is 5.97 Å². The van der Waals surface area contributed by atoms with Crippen molar-refractivity contribution >= 4 is 22.6 Å². The Kier molecular flexibility index (Phi) is 4.24. The molecular weight excluding hydrogens is 260 g/mol. The number of carboxylic acids is 1. The Labute approximate surface area is 116 Å².